The van der Waals surface area contributed by atoms with Crippen molar-refractivity contribution >= 4 is 5.91 Å². The fourth-order valence-electron chi connectivity index (χ4n) is 2.86. The Balaban J connectivity index is 1.53. The van der Waals surface area contributed by atoms with E-state index in [0.29, 0.717) is 6.61 Å². The van der Waals surface area contributed by atoms with Gasteiger partial charge in [0.1, 0.15) is 24.2 Å². The van der Waals surface area contributed by atoms with E-state index in [4.69, 9.17) is 9.47 Å². The van der Waals surface area contributed by atoms with Crippen LogP contribution in [0, 0.1) is 0 Å². The number of nitrogens with zero attached hydrogens (tertiary/aromatic N) is 1. The zero-order valence-electron chi connectivity index (χ0n) is 14.0. The highest BCUT2D eigenvalue weighted by Gasteiger charge is 2.21. The highest BCUT2D eigenvalue weighted by Crippen LogP contribution is 2.24. The van der Waals surface area contributed by atoms with E-state index in [0.717, 1.165) is 43.0 Å². The summed E-state index contributed by atoms with van der Waals surface area (Å²) in [6.07, 6.45) is 1.90. The van der Waals surface area contributed by atoms with Crippen molar-refractivity contribution in [3.05, 3.63) is 60.2 Å². The Hall–Kier alpha value is -2.49. The number of hydrogen-bond donors (Lipinski definition) is 0. The molecule has 4 heteroatoms. The standard InChI is InChI=1S/C20H23NO3/c1-16(22)21-12-10-18(11-13-21)24-20-9-5-8-19(14-20)23-15-17-6-3-2-4-7-17/h2-9,14,18H,10-13,15H2,1H3. The van der Waals surface area contributed by atoms with Gasteiger partial charge >= 0.3 is 0 Å². The van der Waals surface area contributed by atoms with Crippen molar-refractivity contribution in [1.29, 1.82) is 0 Å². The molecule has 4 nitrogen and oxygen atoms in total. The Kier molecular flexibility index (Phi) is 5.36. The highest BCUT2D eigenvalue weighted by molar-refractivity contribution is 5.73. The molecular formula is C20H23NO3. The van der Waals surface area contributed by atoms with Crippen LogP contribution in [0.1, 0.15) is 25.3 Å². The van der Waals surface area contributed by atoms with Gasteiger partial charge in [0.05, 0.1) is 0 Å². The van der Waals surface area contributed by atoms with Gasteiger partial charge in [0.25, 0.3) is 0 Å². The zero-order valence-corrected chi connectivity index (χ0v) is 14.0. The Labute approximate surface area is 143 Å². The Morgan fingerprint density at radius 3 is 2.46 bits per heavy atom. The molecule has 3 rings (SSSR count). The number of carbonyl (C=O) groups is 1. The molecule has 0 unspecified atom stereocenters. The molecule has 1 aliphatic rings. The summed E-state index contributed by atoms with van der Waals surface area (Å²) in [6, 6.07) is 17.9. The number of hydrogen-bond acceptors (Lipinski definition) is 3. The maximum absolute atomic E-state index is 11.4. The summed E-state index contributed by atoms with van der Waals surface area (Å²) in [7, 11) is 0. The molecule has 1 heterocycles. The molecule has 1 amide bonds. The maximum atomic E-state index is 11.4. The highest BCUT2D eigenvalue weighted by atomic mass is 16.5. The molecule has 0 bridgehead atoms. The fraction of sp³-hybridized carbons (Fsp3) is 0.350. The summed E-state index contributed by atoms with van der Waals surface area (Å²) < 4.78 is 11.9. The fourth-order valence-corrected chi connectivity index (χ4v) is 2.86. The number of piperidine rings is 1. The second-order valence-electron chi connectivity index (χ2n) is 6.07. The second kappa shape index (κ2) is 7.86. The molecule has 2 aromatic carbocycles. The Morgan fingerprint density at radius 1 is 1.04 bits per heavy atom. The number of amides is 1. The van der Waals surface area contributed by atoms with Gasteiger partial charge in [0.15, 0.2) is 0 Å². The quantitative estimate of drug-likeness (QED) is 0.842. The Morgan fingerprint density at radius 2 is 1.75 bits per heavy atom. The molecule has 0 radical (unpaired) electrons. The summed E-state index contributed by atoms with van der Waals surface area (Å²) in [5.41, 5.74) is 1.14. The summed E-state index contributed by atoms with van der Waals surface area (Å²) in [6.45, 7) is 3.70. The van der Waals surface area contributed by atoms with E-state index in [1.54, 1.807) is 6.92 Å². The molecular weight excluding hydrogens is 302 g/mol. The first-order valence-electron chi connectivity index (χ1n) is 8.39. The monoisotopic (exact) mass is 325 g/mol. The van der Waals surface area contributed by atoms with Crippen LogP contribution in [0.15, 0.2) is 54.6 Å². The van der Waals surface area contributed by atoms with Gasteiger partial charge in [-0.05, 0) is 17.7 Å². The van der Waals surface area contributed by atoms with Crippen LogP contribution in [-0.2, 0) is 11.4 Å². The van der Waals surface area contributed by atoms with Crippen molar-refractivity contribution in [2.24, 2.45) is 0 Å². The van der Waals surface area contributed by atoms with Crippen LogP contribution in [0.4, 0.5) is 0 Å². The predicted octanol–water partition coefficient (Wildman–Crippen LogP) is 3.66. The van der Waals surface area contributed by atoms with E-state index in [2.05, 4.69) is 0 Å². The van der Waals surface area contributed by atoms with Crippen LogP contribution in [0.2, 0.25) is 0 Å². The third-order valence-corrected chi connectivity index (χ3v) is 4.24. The summed E-state index contributed by atoms with van der Waals surface area (Å²) in [5.74, 6) is 1.77. The van der Waals surface area contributed by atoms with Crippen molar-refractivity contribution in [3.8, 4) is 11.5 Å². The van der Waals surface area contributed by atoms with Crippen LogP contribution in [0.3, 0.4) is 0 Å². The topological polar surface area (TPSA) is 38.8 Å². The van der Waals surface area contributed by atoms with E-state index < -0.39 is 0 Å². The third-order valence-electron chi connectivity index (χ3n) is 4.24. The minimum Gasteiger partial charge on any atom is -0.490 e. The smallest absolute Gasteiger partial charge is 0.219 e. The van der Waals surface area contributed by atoms with Gasteiger partial charge in [0.2, 0.25) is 5.91 Å². The van der Waals surface area contributed by atoms with Gasteiger partial charge in [0, 0.05) is 38.9 Å². The SMILES string of the molecule is CC(=O)N1CCC(Oc2cccc(OCc3ccccc3)c2)CC1. The first-order valence-corrected chi connectivity index (χ1v) is 8.39. The normalized spacial score (nSPS) is 15.1. The number of carbonyl (C=O) groups excluding carboxylic acids is 1. The van der Waals surface area contributed by atoms with Crippen LogP contribution in [-0.4, -0.2) is 30.0 Å². The molecule has 1 saturated heterocycles. The molecule has 1 aliphatic heterocycles. The van der Waals surface area contributed by atoms with Crippen molar-refractivity contribution in [2.45, 2.75) is 32.5 Å². The van der Waals surface area contributed by atoms with E-state index in [-0.39, 0.29) is 12.0 Å². The first kappa shape index (κ1) is 16.4. The molecule has 0 N–H and O–H groups in total. The first-order chi connectivity index (χ1) is 11.7. The molecule has 0 aromatic heterocycles. The van der Waals surface area contributed by atoms with Crippen LogP contribution >= 0.6 is 0 Å². The summed E-state index contributed by atoms with van der Waals surface area (Å²) in [5, 5.41) is 0. The number of ether oxygens (including phenoxy) is 2. The Bertz CT molecular complexity index is 664. The minimum absolute atomic E-state index is 0.143. The second-order valence-corrected chi connectivity index (χ2v) is 6.07. The van der Waals surface area contributed by atoms with Crippen molar-refractivity contribution < 1.29 is 14.3 Å². The lowest BCUT2D eigenvalue weighted by molar-refractivity contribution is -0.130. The average Bonchev–Trinajstić information content (AvgIpc) is 2.62. The average molecular weight is 325 g/mol. The predicted molar refractivity (Wildman–Crippen MR) is 93.1 cm³/mol. The van der Waals surface area contributed by atoms with Gasteiger partial charge in [-0.25, -0.2) is 0 Å². The van der Waals surface area contributed by atoms with Gasteiger partial charge in [-0.2, -0.15) is 0 Å². The van der Waals surface area contributed by atoms with Gasteiger partial charge in [-0.1, -0.05) is 36.4 Å². The zero-order chi connectivity index (χ0) is 16.8. The minimum atomic E-state index is 0.143. The molecule has 126 valence electrons. The van der Waals surface area contributed by atoms with Crippen molar-refractivity contribution in [2.75, 3.05) is 13.1 Å². The lowest BCUT2D eigenvalue weighted by Crippen LogP contribution is -2.40. The molecule has 2 aromatic rings. The van der Waals surface area contributed by atoms with E-state index in [9.17, 15) is 4.79 Å². The van der Waals surface area contributed by atoms with Gasteiger partial charge in [-0.15, -0.1) is 0 Å². The largest absolute Gasteiger partial charge is 0.490 e. The molecule has 0 saturated carbocycles. The lowest BCUT2D eigenvalue weighted by Gasteiger charge is -2.31. The summed E-state index contributed by atoms with van der Waals surface area (Å²) >= 11 is 0. The molecule has 0 spiro atoms. The molecule has 0 atom stereocenters. The molecule has 1 fully saturated rings. The van der Waals surface area contributed by atoms with E-state index >= 15 is 0 Å². The maximum Gasteiger partial charge on any atom is 0.219 e. The van der Waals surface area contributed by atoms with Crippen LogP contribution in [0.25, 0.3) is 0 Å². The molecule has 24 heavy (non-hydrogen) atoms. The van der Waals surface area contributed by atoms with Crippen molar-refractivity contribution in [3.63, 3.8) is 0 Å². The lowest BCUT2D eigenvalue weighted by atomic mass is 10.1. The number of likely N-dealkylation sites (tertiary alicyclic amines) is 1. The van der Waals surface area contributed by atoms with E-state index in [1.807, 2.05) is 59.5 Å². The summed E-state index contributed by atoms with van der Waals surface area (Å²) in [4.78, 5) is 13.2. The number of rotatable bonds is 5. The number of benzene rings is 2. The van der Waals surface area contributed by atoms with Crippen LogP contribution < -0.4 is 9.47 Å². The van der Waals surface area contributed by atoms with Crippen LogP contribution in [0.5, 0.6) is 11.5 Å². The third kappa shape index (κ3) is 4.51. The molecule has 0 aliphatic carbocycles. The van der Waals surface area contributed by atoms with Gasteiger partial charge in [-0.3, -0.25) is 4.79 Å². The van der Waals surface area contributed by atoms with Gasteiger partial charge < -0.3 is 14.4 Å². The van der Waals surface area contributed by atoms with E-state index in [1.165, 1.54) is 0 Å². The van der Waals surface area contributed by atoms with Crippen molar-refractivity contribution in [1.82, 2.24) is 4.90 Å².